The molecule has 1 N–H and O–H groups in total. The summed E-state index contributed by atoms with van der Waals surface area (Å²) < 4.78 is 17.8. The number of nitrogens with zero attached hydrogens (tertiary/aromatic N) is 2. The van der Waals surface area contributed by atoms with E-state index >= 15 is 0 Å². The van der Waals surface area contributed by atoms with Crippen molar-refractivity contribution in [3.05, 3.63) is 47.1 Å². The topological polar surface area (TPSA) is 64.1 Å². The average Bonchev–Trinajstić information content (AvgIpc) is 2.42. The molecule has 104 valence electrons. The van der Waals surface area contributed by atoms with Gasteiger partial charge in [-0.25, -0.2) is 19.2 Å². The van der Waals surface area contributed by atoms with E-state index in [1.807, 2.05) is 0 Å². The van der Waals surface area contributed by atoms with Gasteiger partial charge in [0.05, 0.1) is 6.61 Å². The van der Waals surface area contributed by atoms with E-state index in [9.17, 15) is 9.18 Å². The summed E-state index contributed by atoms with van der Waals surface area (Å²) in [7, 11) is 0. The van der Waals surface area contributed by atoms with Crippen LogP contribution in [0.1, 0.15) is 17.3 Å². The Labute approximate surface area is 119 Å². The van der Waals surface area contributed by atoms with Crippen molar-refractivity contribution in [1.29, 1.82) is 0 Å². The largest absolute Gasteiger partial charge is 0.462 e. The van der Waals surface area contributed by atoms with Crippen LogP contribution >= 0.6 is 11.6 Å². The molecule has 0 spiro atoms. The molecule has 0 aliphatic carbocycles. The van der Waals surface area contributed by atoms with E-state index in [1.165, 1.54) is 30.6 Å². The zero-order chi connectivity index (χ0) is 14.5. The van der Waals surface area contributed by atoms with Crippen molar-refractivity contribution in [2.24, 2.45) is 0 Å². The highest BCUT2D eigenvalue weighted by molar-refractivity contribution is 6.33. The third-order valence-electron chi connectivity index (χ3n) is 2.39. The van der Waals surface area contributed by atoms with Crippen molar-refractivity contribution in [3.63, 3.8) is 0 Å². The summed E-state index contributed by atoms with van der Waals surface area (Å²) in [6.07, 6.45) is 1.22. The molecule has 1 aromatic carbocycles. The van der Waals surface area contributed by atoms with Gasteiger partial charge in [0.15, 0.2) is 0 Å². The van der Waals surface area contributed by atoms with Crippen molar-refractivity contribution in [2.75, 3.05) is 11.9 Å². The molecule has 1 heterocycles. The molecule has 5 nitrogen and oxygen atoms in total. The first-order valence-electron chi connectivity index (χ1n) is 5.82. The van der Waals surface area contributed by atoms with Crippen LogP contribution < -0.4 is 5.32 Å². The van der Waals surface area contributed by atoms with Crippen LogP contribution in [0.2, 0.25) is 5.15 Å². The van der Waals surface area contributed by atoms with Gasteiger partial charge in [-0.1, -0.05) is 11.6 Å². The number of benzene rings is 1. The average molecular weight is 296 g/mol. The Hall–Kier alpha value is -2.21. The molecule has 0 aliphatic rings. The van der Waals surface area contributed by atoms with Gasteiger partial charge >= 0.3 is 5.97 Å². The Kier molecular flexibility index (Phi) is 4.47. The van der Waals surface area contributed by atoms with Gasteiger partial charge in [0, 0.05) is 5.69 Å². The molecule has 20 heavy (non-hydrogen) atoms. The van der Waals surface area contributed by atoms with Crippen LogP contribution in [0, 0.1) is 5.82 Å². The molecule has 0 atom stereocenters. The van der Waals surface area contributed by atoms with Gasteiger partial charge in [-0.15, -0.1) is 0 Å². The highest BCUT2D eigenvalue weighted by atomic mass is 35.5. The molecular formula is C13H11ClFN3O2. The van der Waals surface area contributed by atoms with E-state index in [0.29, 0.717) is 5.69 Å². The fourth-order valence-corrected chi connectivity index (χ4v) is 1.72. The first-order valence-corrected chi connectivity index (χ1v) is 6.19. The summed E-state index contributed by atoms with van der Waals surface area (Å²) in [6, 6.07) is 5.60. The van der Waals surface area contributed by atoms with Gasteiger partial charge in [0.25, 0.3) is 0 Å². The van der Waals surface area contributed by atoms with E-state index in [-0.39, 0.29) is 29.0 Å². The second kappa shape index (κ2) is 6.29. The highest BCUT2D eigenvalue weighted by Crippen LogP contribution is 2.24. The summed E-state index contributed by atoms with van der Waals surface area (Å²) in [4.78, 5) is 19.6. The minimum atomic E-state index is -0.622. The molecule has 0 amide bonds. The molecule has 0 saturated carbocycles. The summed E-state index contributed by atoms with van der Waals surface area (Å²) >= 11 is 5.90. The molecule has 0 aliphatic heterocycles. The quantitative estimate of drug-likeness (QED) is 0.693. The van der Waals surface area contributed by atoms with Crippen LogP contribution in [0.25, 0.3) is 0 Å². The summed E-state index contributed by atoms with van der Waals surface area (Å²) in [5.41, 5.74) is 0.604. The number of hydrogen-bond acceptors (Lipinski definition) is 5. The molecule has 0 bridgehead atoms. The van der Waals surface area contributed by atoms with E-state index in [4.69, 9.17) is 16.3 Å². The number of esters is 1. The lowest BCUT2D eigenvalue weighted by Crippen LogP contribution is -2.11. The minimum absolute atomic E-state index is 0.0111. The van der Waals surface area contributed by atoms with Crippen LogP contribution in [0.4, 0.5) is 15.9 Å². The molecule has 0 radical (unpaired) electrons. The molecule has 0 fully saturated rings. The monoisotopic (exact) mass is 295 g/mol. The predicted molar refractivity (Wildman–Crippen MR) is 72.7 cm³/mol. The zero-order valence-corrected chi connectivity index (χ0v) is 11.3. The second-order valence-corrected chi connectivity index (χ2v) is 4.10. The van der Waals surface area contributed by atoms with E-state index < -0.39 is 5.97 Å². The number of hydrogen-bond donors (Lipinski definition) is 1. The SMILES string of the molecule is CCOC(=O)c1c(Cl)ncnc1Nc1ccc(F)cc1. The van der Waals surface area contributed by atoms with Gasteiger partial charge < -0.3 is 10.1 Å². The highest BCUT2D eigenvalue weighted by Gasteiger charge is 2.19. The van der Waals surface area contributed by atoms with Crippen LogP contribution in [0.15, 0.2) is 30.6 Å². The van der Waals surface area contributed by atoms with Gasteiger partial charge in [0.1, 0.15) is 28.7 Å². The van der Waals surface area contributed by atoms with Crippen LogP contribution in [0.3, 0.4) is 0 Å². The number of carbonyl (C=O) groups is 1. The third-order valence-corrected chi connectivity index (χ3v) is 2.67. The Bertz CT molecular complexity index is 620. The van der Waals surface area contributed by atoms with Crippen molar-refractivity contribution in [1.82, 2.24) is 9.97 Å². The standard InChI is InChI=1S/C13H11ClFN3O2/c1-2-20-13(19)10-11(14)16-7-17-12(10)18-9-5-3-8(15)4-6-9/h3-7H,2H2,1H3,(H,16,17,18). The molecule has 2 rings (SSSR count). The predicted octanol–water partition coefficient (Wildman–Crippen LogP) is 3.19. The number of anilines is 2. The lowest BCUT2D eigenvalue weighted by atomic mass is 10.2. The number of carbonyl (C=O) groups excluding carboxylic acids is 1. The normalized spacial score (nSPS) is 10.2. The Balaban J connectivity index is 2.34. The fraction of sp³-hybridized carbons (Fsp3) is 0.154. The Morgan fingerprint density at radius 1 is 1.35 bits per heavy atom. The van der Waals surface area contributed by atoms with E-state index in [2.05, 4.69) is 15.3 Å². The smallest absolute Gasteiger partial charge is 0.345 e. The first kappa shape index (κ1) is 14.2. The van der Waals surface area contributed by atoms with Gasteiger partial charge in [-0.05, 0) is 31.2 Å². The van der Waals surface area contributed by atoms with Crippen LogP contribution in [-0.4, -0.2) is 22.5 Å². The Morgan fingerprint density at radius 3 is 2.70 bits per heavy atom. The van der Waals surface area contributed by atoms with Crippen molar-refractivity contribution < 1.29 is 13.9 Å². The molecular weight excluding hydrogens is 285 g/mol. The summed E-state index contributed by atoms with van der Waals surface area (Å²) in [5.74, 6) is -0.778. The maximum absolute atomic E-state index is 12.8. The summed E-state index contributed by atoms with van der Waals surface area (Å²) in [5, 5.41) is 2.87. The van der Waals surface area contributed by atoms with Gasteiger partial charge in [-0.3, -0.25) is 0 Å². The molecule has 0 unspecified atom stereocenters. The van der Waals surface area contributed by atoms with Gasteiger partial charge in [-0.2, -0.15) is 0 Å². The fourth-order valence-electron chi connectivity index (χ4n) is 1.51. The molecule has 0 saturated heterocycles. The zero-order valence-electron chi connectivity index (χ0n) is 10.6. The maximum atomic E-state index is 12.8. The van der Waals surface area contributed by atoms with Crippen molar-refractivity contribution in [2.45, 2.75) is 6.92 Å². The van der Waals surface area contributed by atoms with E-state index in [0.717, 1.165) is 0 Å². The molecule has 1 aromatic heterocycles. The van der Waals surface area contributed by atoms with E-state index in [1.54, 1.807) is 6.92 Å². The second-order valence-electron chi connectivity index (χ2n) is 3.74. The number of ether oxygens (including phenoxy) is 1. The lowest BCUT2D eigenvalue weighted by molar-refractivity contribution is 0.0527. The number of aromatic nitrogens is 2. The van der Waals surface area contributed by atoms with Crippen molar-refractivity contribution >= 4 is 29.1 Å². The summed E-state index contributed by atoms with van der Waals surface area (Å²) in [6.45, 7) is 1.89. The number of halogens is 2. The number of nitrogens with one attached hydrogen (secondary N) is 1. The lowest BCUT2D eigenvalue weighted by Gasteiger charge is -2.10. The minimum Gasteiger partial charge on any atom is -0.462 e. The Morgan fingerprint density at radius 2 is 2.05 bits per heavy atom. The maximum Gasteiger partial charge on any atom is 0.345 e. The van der Waals surface area contributed by atoms with Crippen molar-refractivity contribution in [3.8, 4) is 0 Å². The van der Waals surface area contributed by atoms with Gasteiger partial charge in [0.2, 0.25) is 0 Å². The van der Waals surface area contributed by atoms with Crippen LogP contribution in [-0.2, 0) is 4.74 Å². The van der Waals surface area contributed by atoms with Crippen LogP contribution in [0.5, 0.6) is 0 Å². The molecule has 7 heteroatoms. The molecule has 2 aromatic rings. The third kappa shape index (κ3) is 3.21. The first-order chi connectivity index (χ1) is 9.61. The number of rotatable bonds is 4.